The van der Waals surface area contributed by atoms with Crippen LogP contribution in [0.25, 0.3) is 0 Å². The summed E-state index contributed by atoms with van der Waals surface area (Å²) in [4.78, 5) is 2.35. The monoisotopic (exact) mass is 343 g/mol. The van der Waals surface area contributed by atoms with Gasteiger partial charge >= 0.3 is 0 Å². The third kappa shape index (κ3) is 3.79. The molecule has 0 amide bonds. The van der Waals surface area contributed by atoms with Crippen LogP contribution in [0.1, 0.15) is 12.1 Å². The van der Waals surface area contributed by atoms with Crippen molar-refractivity contribution in [1.82, 2.24) is 15.1 Å². The van der Waals surface area contributed by atoms with E-state index in [-0.39, 0.29) is 5.82 Å². The average Bonchev–Trinajstić information content (AvgIpc) is 3.21. The highest BCUT2D eigenvalue weighted by atomic mass is 19.1. The Labute approximate surface area is 148 Å². The van der Waals surface area contributed by atoms with Crippen LogP contribution >= 0.6 is 0 Å². The summed E-state index contributed by atoms with van der Waals surface area (Å²) in [5, 5.41) is 11.6. The molecule has 0 bridgehead atoms. The summed E-state index contributed by atoms with van der Waals surface area (Å²) in [6.07, 6.45) is 1.19. The number of aromatic nitrogens is 2. The van der Waals surface area contributed by atoms with Crippen molar-refractivity contribution in [2.75, 3.05) is 42.9 Å². The van der Waals surface area contributed by atoms with Crippen molar-refractivity contribution >= 4 is 11.5 Å². The lowest BCUT2D eigenvalue weighted by Gasteiger charge is -2.25. The first-order chi connectivity index (χ1) is 12.2. The second kappa shape index (κ2) is 7.04. The Kier molecular flexibility index (Phi) is 4.61. The van der Waals surface area contributed by atoms with E-state index in [0.717, 1.165) is 56.5 Å². The van der Waals surface area contributed by atoms with E-state index in [1.807, 2.05) is 19.1 Å². The molecular weight excluding hydrogens is 317 g/mol. The molecule has 0 aliphatic carbocycles. The maximum atomic E-state index is 13.0. The van der Waals surface area contributed by atoms with Gasteiger partial charge in [0, 0.05) is 50.4 Å². The molecule has 1 fully saturated rings. The second-order valence-corrected chi connectivity index (χ2v) is 7.34. The minimum Gasteiger partial charge on any atom is -0.371 e. The third-order valence-corrected chi connectivity index (χ3v) is 5.25. The molecule has 0 saturated carbocycles. The fourth-order valence-electron chi connectivity index (χ4n) is 3.90. The highest BCUT2D eigenvalue weighted by Gasteiger charge is 2.23. The lowest BCUT2D eigenvalue weighted by Crippen LogP contribution is -2.37. The van der Waals surface area contributed by atoms with Crippen LogP contribution in [-0.2, 0) is 6.54 Å². The summed E-state index contributed by atoms with van der Waals surface area (Å²) in [7, 11) is 0. The minimum absolute atomic E-state index is 0.169. The number of hydrogen-bond acceptors (Lipinski definition) is 4. The first-order valence-corrected chi connectivity index (χ1v) is 9.17. The van der Waals surface area contributed by atoms with Crippen LogP contribution in [0.15, 0.2) is 30.3 Å². The number of halogens is 1. The lowest BCUT2D eigenvalue weighted by molar-refractivity contribution is 0.378. The number of nitrogens with zero attached hydrogens (tertiary/aromatic N) is 3. The van der Waals surface area contributed by atoms with E-state index >= 15 is 0 Å². The van der Waals surface area contributed by atoms with Gasteiger partial charge < -0.3 is 15.5 Å². The molecule has 0 unspecified atom stereocenters. The van der Waals surface area contributed by atoms with Gasteiger partial charge in [-0.1, -0.05) is 0 Å². The summed E-state index contributed by atoms with van der Waals surface area (Å²) >= 11 is 0. The molecule has 25 heavy (non-hydrogen) atoms. The topological polar surface area (TPSA) is 45.1 Å². The number of benzene rings is 1. The van der Waals surface area contributed by atoms with E-state index < -0.39 is 0 Å². The van der Waals surface area contributed by atoms with Crippen LogP contribution < -0.4 is 15.5 Å². The summed E-state index contributed by atoms with van der Waals surface area (Å²) < 4.78 is 15.1. The van der Waals surface area contributed by atoms with E-state index in [1.54, 1.807) is 12.1 Å². The fourth-order valence-corrected chi connectivity index (χ4v) is 3.90. The molecule has 6 heteroatoms. The summed E-state index contributed by atoms with van der Waals surface area (Å²) in [5.74, 6) is 2.20. The van der Waals surface area contributed by atoms with E-state index in [2.05, 4.69) is 31.4 Å². The predicted molar refractivity (Wildman–Crippen MR) is 98.5 cm³/mol. The maximum Gasteiger partial charge on any atom is 0.124 e. The molecule has 0 spiro atoms. The molecule has 1 saturated heterocycles. The number of fused-ring (bicyclic) bond motifs is 1. The Hall–Kier alpha value is -2.08. The van der Waals surface area contributed by atoms with Gasteiger partial charge in [-0.25, -0.2) is 9.07 Å². The quantitative estimate of drug-likeness (QED) is 0.876. The molecule has 2 aliphatic heterocycles. The number of rotatable bonds is 5. The largest absolute Gasteiger partial charge is 0.371 e. The van der Waals surface area contributed by atoms with Crippen LogP contribution in [0.3, 0.4) is 0 Å². The number of aryl methyl sites for hydroxylation is 1. The third-order valence-electron chi connectivity index (χ3n) is 5.25. The van der Waals surface area contributed by atoms with E-state index in [1.165, 1.54) is 6.42 Å². The Balaban J connectivity index is 1.21. The van der Waals surface area contributed by atoms with Gasteiger partial charge in [-0.15, -0.1) is 0 Å². The van der Waals surface area contributed by atoms with Gasteiger partial charge in [-0.3, -0.25) is 0 Å². The smallest absolute Gasteiger partial charge is 0.124 e. The summed E-state index contributed by atoms with van der Waals surface area (Å²) in [6.45, 7) is 8.17. The number of hydrogen-bond donors (Lipinski definition) is 2. The van der Waals surface area contributed by atoms with Gasteiger partial charge in [0.1, 0.15) is 11.6 Å². The molecule has 4 rings (SSSR count). The second-order valence-electron chi connectivity index (χ2n) is 7.34. The molecule has 2 N–H and O–H groups in total. The van der Waals surface area contributed by atoms with Crippen molar-refractivity contribution in [3.8, 4) is 0 Å². The summed E-state index contributed by atoms with van der Waals surface area (Å²) in [6, 6.07) is 8.95. The van der Waals surface area contributed by atoms with Gasteiger partial charge in [-0.2, -0.15) is 5.10 Å². The van der Waals surface area contributed by atoms with Crippen molar-refractivity contribution in [3.05, 3.63) is 41.8 Å². The van der Waals surface area contributed by atoms with Crippen molar-refractivity contribution < 1.29 is 4.39 Å². The zero-order valence-electron chi connectivity index (χ0n) is 14.7. The normalized spacial score (nSPS) is 22.7. The molecule has 1 aromatic carbocycles. The average molecular weight is 343 g/mol. The Morgan fingerprint density at radius 1 is 1.20 bits per heavy atom. The molecule has 3 heterocycles. The Bertz CT molecular complexity index is 711. The molecule has 2 aliphatic rings. The number of nitrogens with one attached hydrogen (secondary N) is 2. The van der Waals surface area contributed by atoms with Gasteiger partial charge in [0.15, 0.2) is 0 Å². The first kappa shape index (κ1) is 16.4. The fraction of sp³-hybridized carbons (Fsp3) is 0.526. The molecule has 2 aromatic rings. The zero-order valence-corrected chi connectivity index (χ0v) is 14.7. The molecule has 1 aromatic heterocycles. The van der Waals surface area contributed by atoms with Crippen LogP contribution in [0.5, 0.6) is 0 Å². The Morgan fingerprint density at radius 2 is 2.00 bits per heavy atom. The SMILES string of the molecule is Cc1cc2n(n1)C[C@H](CNC[C@H]1CCN(c3ccc(F)cc3)C1)CN2. The van der Waals surface area contributed by atoms with Crippen molar-refractivity contribution in [2.45, 2.75) is 19.9 Å². The van der Waals surface area contributed by atoms with Crippen LogP contribution in [0.2, 0.25) is 0 Å². The van der Waals surface area contributed by atoms with Gasteiger partial charge in [-0.05, 0) is 50.1 Å². The molecule has 5 nitrogen and oxygen atoms in total. The molecule has 0 radical (unpaired) electrons. The Morgan fingerprint density at radius 3 is 2.84 bits per heavy atom. The first-order valence-electron chi connectivity index (χ1n) is 9.17. The number of anilines is 2. The minimum atomic E-state index is -0.169. The van der Waals surface area contributed by atoms with E-state index in [4.69, 9.17) is 0 Å². The standard InChI is InChI=1S/C19H26FN5/c1-14-8-19-22-11-16(13-25(19)23-14)10-21-9-15-6-7-24(12-15)18-4-2-17(20)3-5-18/h2-5,8,15-16,21-22H,6-7,9-13H2,1H3/t15-,16-/m1/s1. The van der Waals surface area contributed by atoms with Crippen LogP contribution in [0, 0.1) is 24.6 Å². The van der Waals surface area contributed by atoms with Crippen molar-refractivity contribution in [1.29, 1.82) is 0 Å². The van der Waals surface area contributed by atoms with Crippen LogP contribution in [0.4, 0.5) is 15.9 Å². The highest BCUT2D eigenvalue weighted by molar-refractivity contribution is 5.47. The molecule has 2 atom stereocenters. The van der Waals surface area contributed by atoms with E-state index in [9.17, 15) is 4.39 Å². The zero-order chi connectivity index (χ0) is 17.2. The maximum absolute atomic E-state index is 13.0. The van der Waals surface area contributed by atoms with Gasteiger partial charge in [0.2, 0.25) is 0 Å². The van der Waals surface area contributed by atoms with Gasteiger partial charge in [0.05, 0.1) is 5.69 Å². The van der Waals surface area contributed by atoms with Crippen molar-refractivity contribution in [3.63, 3.8) is 0 Å². The molecular formula is C19H26FN5. The lowest BCUT2D eigenvalue weighted by atomic mass is 10.1. The van der Waals surface area contributed by atoms with Gasteiger partial charge in [0.25, 0.3) is 0 Å². The summed E-state index contributed by atoms with van der Waals surface area (Å²) in [5.41, 5.74) is 2.20. The predicted octanol–water partition coefficient (Wildman–Crippen LogP) is 2.49. The van der Waals surface area contributed by atoms with E-state index in [0.29, 0.717) is 11.8 Å². The molecule has 134 valence electrons. The van der Waals surface area contributed by atoms with Crippen LogP contribution in [-0.4, -0.2) is 42.5 Å². The highest BCUT2D eigenvalue weighted by Crippen LogP contribution is 2.24. The van der Waals surface area contributed by atoms with Crippen molar-refractivity contribution in [2.24, 2.45) is 11.8 Å².